The fraction of sp³-hybridized carbons (Fsp3) is 0.176. The molecule has 2 aromatic carbocycles. The molecule has 1 aromatic heterocycles. The van der Waals surface area contributed by atoms with Crippen LogP contribution in [0.15, 0.2) is 52.9 Å². The highest BCUT2D eigenvalue weighted by Gasteiger charge is 2.30. The first kappa shape index (κ1) is 15.5. The molecule has 0 aliphatic heterocycles. The van der Waals surface area contributed by atoms with Crippen molar-refractivity contribution in [3.05, 3.63) is 65.3 Å². The van der Waals surface area contributed by atoms with E-state index in [1.807, 2.05) is 13.8 Å². The van der Waals surface area contributed by atoms with Crippen LogP contribution in [0.3, 0.4) is 0 Å². The molecule has 0 N–H and O–H groups in total. The van der Waals surface area contributed by atoms with Crippen LogP contribution in [0, 0.1) is 5.82 Å². The second kappa shape index (κ2) is 6.01. The quantitative estimate of drug-likeness (QED) is 0.685. The van der Waals surface area contributed by atoms with E-state index in [0.717, 1.165) is 0 Å². The Balaban J connectivity index is 1.83. The van der Waals surface area contributed by atoms with Gasteiger partial charge in [-0.1, -0.05) is 11.6 Å². The van der Waals surface area contributed by atoms with E-state index >= 15 is 0 Å². The summed E-state index contributed by atoms with van der Waals surface area (Å²) in [7, 11) is 0. The molecule has 0 fully saturated rings. The summed E-state index contributed by atoms with van der Waals surface area (Å²) < 4.78 is 24.5. The van der Waals surface area contributed by atoms with Gasteiger partial charge in [0, 0.05) is 10.6 Å². The van der Waals surface area contributed by atoms with E-state index in [0.29, 0.717) is 28.1 Å². The molecule has 0 unspecified atom stereocenters. The predicted octanol–water partition coefficient (Wildman–Crippen LogP) is 4.84. The fourth-order valence-corrected chi connectivity index (χ4v) is 2.14. The zero-order valence-corrected chi connectivity index (χ0v) is 13.3. The van der Waals surface area contributed by atoms with Crippen LogP contribution >= 0.6 is 11.6 Å². The molecular formula is C17H14ClFN2O2. The second-order valence-electron chi connectivity index (χ2n) is 5.49. The van der Waals surface area contributed by atoms with Gasteiger partial charge in [0.15, 0.2) is 5.60 Å². The topological polar surface area (TPSA) is 48.2 Å². The summed E-state index contributed by atoms with van der Waals surface area (Å²) >= 11 is 5.86. The Morgan fingerprint density at radius 1 is 1.00 bits per heavy atom. The van der Waals surface area contributed by atoms with Gasteiger partial charge in [0.1, 0.15) is 11.6 Å². The molecule has 0 radical (unpaired) electrons. The average Bonchev–Trinajstić information content (AvgIpc) is 3.01. The van der Waals surface area contributed by atoms with Crippen LogP contribution in [0.2, 0.25) is 5.02 Å². The molecule has 1 heterocycles. The molecule has 6 heteroatoms. The molecule has 0 aliphatic carbocycles. The molecule has 118 valence electrons. The first-order valence-electron chi connectivity index (χ1n) is 6.98. The van der Waals surface area contributed by atoms with Crippen LogP contribution in [0.25, 0.3) is 11.5 Å². The van der Waals surface area contributed by atoms with Gasteiger partial charge in [0.25, 0.3) is 5.89 Å². The van der Waals surface area contributed by atoms with Crippen LogP contribution in [0.4, 0.5) is 4.39 Å². The van der Waals surface area contributed by atoms with Crippen LogP contribution in [-0.2, 0) is 5.60 Å². The van der Waals surface area contributed by atoms with Gasteiger partial charge >= 0.3 is 0 Å². The molecule has 4 nitrogen and oxygen atoms in total. The SMILES string of the molecule is CC(C)(Oc1ccc(Cl)cc1)c1nnc(-c2ccc(F)cc2)o1. The zero-order chi connectivity index (χ0) is 16.4. The number of rotatable bonds is 4. The Hall–Kier alpha value is -2.40. The van der Waals surface area contributed by atoms with E-state index in [1.54, 1.807) is 36.4 Å². The molecule has 0 amide bonds. The van der Waals surface area contributed by atoms with Gasteiger partial charge in [-0.2, -0.15) is 0 Å². The highest BCUT2D eigenvalue weighted by Crippen LogP contribution is 2.29. The summed E-state index contributed by atoms with van der Waals surface area (Å²) in [6, 6.07) is 12.9. The van der Waals surface area contributed by atoms with E-state index < -0.39 is 5.60 Å². The van der Waals surface area contributed by atoms with E-state index in [4.69, 9.17) is 20.8 Å². The number of benzene rings is 2. The minimum atomic E-state index is -0.820. The van der Waals surface area contributed by atoms with E-state index in [1.165, 1.54) is 12.1 Å². The van der Waals surface area contributed by atoms with Gasteiger partial charge in [0.05, 0.1) is 0 Å². The predicted molar refractivity (Wildman–Crippen MR) is 84.8 cm³/mol. The summed E-state index contributed by atoms with van der Waals surface area (Å²) in [6.45, 7) is 3.65. The molecule has 0 aliphatic rings. The molecule has 3 aromatic rings. The number of ether oxygens (including phenoxy) is 1. The Labute approximate surface area is 137 Å². The fourth-order valence-electron chi connectivity index (χ4n) is 2.02. The van der Waals surface area contributed by atoms with E-state index in [9.17, 15) is 4.39 Å². The third-order valence-corrected chi connectivity index (χ3v) is 3.47. The van der Waals surface area contributed by atoms with Gasteiger partial charge in [-0.15, -0.1) is 10.2 Å². The minimum Gasteiger partial charge on any atom is -0.478 e. The lowest BCUT2D eigenvalue weighted by Crippen LogP contribution is -2.25. The number of hydrogen-bond acceptors (Lipinski definition) is 4. The Morgan fingerprint density at radius 2 is 1.65 bits per heavy atom. The van der Waals surface area contributed by atoms with Gasteiger partial charge in [-0.05, 0) is 62.4 Å². The molecule has 0 bridgehead atoms. The number of nitrogens with zero attached hydrogens (tertiary/aromatic N) is 2. The molecule has 0 spiro atoms. The van der Waals surface area contributed by atoms with Crippen LogP contribution in [-0.4, -0.2) is 10.2 Å². The van der Waals surface area contributed by atoms with Crippen molar-refractivity contribution >= 4 is 11.6 Å². The standard InChI is InChI=1S/C17H14ClFN2O2/c1-17(2,23-14-9-5-12(18)6-10-14)16-21-20-15(22-16)11-3-7-13(19)8-4-11/h3-10H,1-2H3. The van der Waals surface area contributed by atoms with Crippen molar-refractivity contribution in [1.82, 2.24) is 10.2 Å². The van der Waals surface area contributed by atoms with Gasteiger partial charge in [-0.3, -0.25) is 0 Å². The van der Waals surface area contributed by atoms with Crippen LogP contribution in [0.5, 0.6) is 5.75 Å². The van der Waals surface area contributed by atoms with Crippen molar-refractivity contribution < 1.29 is 13.5 Å². The first-order chi connectivity index (χ1) is 10.9. The third-order valence-electron chi connectivity index (χ3n) is 3.22. The van der Waals surface area contributed by atoms with Crippen LogP contribution < -0.4 is 4.74 Å². The van der Waals surface area contributed by atoms with Crippen LogP contribution in [0.1, 0.15) is 19.7 Å². The highest BCUT2D eigenvalue weighted by molar-refractivity contribution is 6.30. The minimum absolute atomic E-state index is 0.313. The average molecular weight is 333 g/mol. The van der Waals surface area contributed by atoms with Gasteiger partial charge < -0.3 is 9.15 Å². The third kappa shape index (κ3) is 3.51. The molecule has 0 atom stereocenters. The van der Waals surface area contributed by atoms with Crippen molar-refractivity contribution in [2.45, 2.75) is 19.4 Å². The van der Waals surface area contributed by atoms with E-state index in [-0.39, 0.29) is 5.82 Å². The number of halogens is 2. The lowest BCUT2D eigenvalue weighted by atomic mass is 10.1. The smallest absolute Gasteiger partial charge is 0.259 e. The summed E-state index contributed by atoms with van der Waals surface area (Å²) in [5.74, 6) is 0.959. The van der Waals surface area contributed by atoms with E-state index in [2.05, 4.69) is 10.2 Å². The molecular weight excluding hydrogens is 319 g/mol. The normalized spacial score (nSPS) is 11.5. The molecule has 23 heavy (non-hydrogen) atoms. The second-order valence-corrected chi connectivity index (χ2v) is 5.92. The zero-order valence-electron chi connectivity index (χ0n) is 12.6. The Kier molecular flexibility index (Phi) is 4.05. The lowest BCUT2D eigenvalue weighted by Gasteiger charge is -2.22. The lowest BCUT2D eigenvalue weighted by molar-refractivity contribution is 0.0770. The van der Waals surface area contributed by atoms with Gasteiger partial charge in [0.2, 0.25) is 5.89 Å². The monoisotopic (exact) mass is 332 g/mol. The summed E-state index contributed by atoms with van der Waals surface area (Å²) in [4.78, 5) is 0. The van der Waals surface area contributed by atoms with Crippen molar-refractivity contribution in [1.29, 1.82) is 0 Å². The molecule has 0 saturated heterocycles. The Bertz CT molecular complexity index is 798. The molecule has 3 rings (SSSR count). The van der Waals surface area contributed by atoms with Crippen molar-refractivity contribution in [2.24, 2.45) is 0 Å². The molecule has 0 saturated carbocycles. The number of aromatic nitrogens is 2. The maximum absolute atomic E-state index is 13.0. The first-order valence-corrected chi connectivity index (χ1v) is 7.36. The highest BCUT2D eigenvalue weighted by atomic mass is 35.5. The number of hydrogen-bond donors (Lipinski definition) is 0. The summed E-state index contributed by atoms with van der Waals surface area (Å²) in [5, 5.41) is 8.67. The maximum Gasteiger partial charge on any atom is 0.259 e. The Morgan fingerprint density at radius 3 is 2.30 bits per heavy atom. The van der Waals surface area contributed by atoms with Crippen molar-refractivity contribution in [3.63, 3.8) is 0 Å². The summed E-state index contributed by atoms with van der Waals surface area (Å²) in [5.41, 5.74) is -0.175. The summed E-state index contributed by atoms with van der Waals surface area (Å²) in [6.07, 6.45) is 0. The maximum atomic E-state index is 13.0. The largest absolute Gasteiger partial charge is 0.478 e. The van der Waals surface area contributed by atoms with Gasteiger partial charge in [-0.25, -0.2) is 4.39 Å². The van der Waals surface area contributed by atoms with Crippen molar-refractivity contribution in [2.75, 3.05) is 0 Å². The van der Waals surface area contributed by atoms with Crippen molar-refractivity contribution in [3.8, 4) is 17.2 Å².